The smallest absolute Gasteiger partial charge is 0.256 e. The largest absolute Gasteiger partial charge is 0.334 e. The lowest BCUT2D eigenvalue weighted by atomic mass is 9.93. The second-order valence-electron chi connectivity index (χ2n) is 7.40. The van der Waals surface area contributed by atoms with Crippen molar-refractivity contribution in [2.24, 2.45) is 0 Å². The Bertz CT molecular complexity index is 1200. The molecule has 4 rings (SSSR count). The van der Waals surface area contributed by atoms with Crippen LogP contribution in [-0.4, -0.2) is 32.5 Å². The second-order valence-corrected chi connectivity index (χ2v) is 8.19. The van der Waals surface area contributed by atoms with E-state index >= 15 is 0 Å². The van der Waals surface area contributed by atoms with Gasteiger partial charge in [-0.2, -0.15) is 5.10 Å². The van der Waals surface area contributed by atoms with Crippen molar-refractivity contribution in [1.82, 2.24) is 20.1 Å². The Kier molecular flexibility index (Phi) is 5.00. The number of carbonyl (C=O) groups is 1. The summed E-state index contributed by atoms with van der Waals surface area (Å²) in [7, 11) is 0. The van der Waals surface area contributed by atoms with E-state index in [9.17, 15) is 9.59 Å². The van der Waals surface area contributed by atoms with Crippen LogP contribution in [-0.2, 0) is 13.0 Å². The normalized spacial score (nSPS) is 13.7. The molecule has 0 saturated heterocycles. The lowest BCUT2D eigenvalue weighted by molar-refractivity contribution is 0.0726. The van der Waals surface area contributed by atoms with Crippen LogP contribution >= 0.6 is 23.2 Å². The van der Waals surface area contributed by atoms with Crippen molar-refractivity contribution in [1.29, 1.82) is 0 Å². The Morgan fingerprint density at radius 1 is 1.14 bits per heavy atom. The minimum Gasteiger partial charge on any atom is -0.334 e. The summed E-state index contributed by atoms with van der Waals surface area (Å²) in [6.07, 6.45) is 2.24. The van der Waals surface area contributed by atoms with Gasteiger partial charge in [-0.05, 0) is 50.5 Å². The van der Waals surface area contributed by atoms with Crippen molar-refractivity contribution < 1.29 is 4.79 Å². The molecular formula is C21H20Cl2N4O2. The van der Waals surface area contributed by atoms with E-state index in [-0.39, 0.29) is 18.0 Å². The maximum atomic E-state index is 13.3. The number of aromatic amines is 2. The third kappa shape index (κ3) is 3.36. The third-order valence-electron chi connectivity index (χ3n) is 5.41. The molecule has 150 valence electrons. The molecule has 1 amide bonds. The molecule has 3 aromatic rings. The fourth-order valence-corrected chi connectivity index (χ4v) is 4.52. The summed E-state index contributed by atoms with van der Waals surface area (Å²) in [5.74, 6) is -0.222. The number of aromatic nitrogens is 3. The van der Waals surface area contributed by atoms with E-state index < -0.39 is 0 Å². The Balaban J connectivity index is 1.77. The lowest BCUT2D eigenvalue weighted by Crippen LogP contribution is -2.39. The Morgan fingerprint density at radius 2 is 1.90 bits per heavy atom. The standard InChI is InChI=1S/C21H20Cl2N4O2/c1-10-6-11(2)25-20(28)16(10)9-27-5-4-13-17(22)7-14(15-8-24-26-12(15)3)19(23)18(13)21(27)29/h6-8H,4-5,9H2,1-3H3,(H,24,26)(H,25,28). The topological polar surface area (TPSA) is 81.8 Å². The molecule has 1 aromatic carbocycles. The number of amides is 1. The fourth-order valence-electron chi connectivity index (χ4n) is 3.88. The van der Waals surface area contributed by atoms with E-state index in [4.69, 9.17) is 23.2 Å². The van der Waals surface area contributed by atoms with Crippen molar-refractivity contribution in [3.05, 3.63) is 72.4 Å². The first kappa shape index (κ1) is 19.7. The van der Waals surface area contributed by atoms with Crippen molar-refractivity contribution in [3.8, 4) is 11.1 Å². The van der Waals surface area contributed by atoms with Gasteiger partial charge in [-0.15, -0.1) is 0 Å². The van der Waals surface area contributed by atoms with Gasteiger partial charge >= 0.3 is 0 Å². The molecule has 1 aliphatic rings. The molecule has 0 spiro atoms. The highest BCUT2D eigenvalue weighted by atomic mass is 35.5. The molecule has 0 aliphatic carbocycles. The molecule has 2 N–H and O–H groups in total. The number of nitrogens with zero attached hydrogens (tertiary/aromatic N) is 2. The molecule has 0 bridgehead atoms. The van der Waals surface area contributed by atoms with E-state index in [2.05, 4.69) is 15.2 Å². The number of rotatable bonds is 3. The van der Waals surface area contributed by atoms with Gasteiger partial charge in [0.05, 0.1) is 23.3 Å². The highest BCUT2D eigenvalue weighted by molar-refractivity contribution is 6.39. The minimum absolute atomic E-state index is 0.173. The van der Waals surface area contributed by atoms with Crippen molar-refractivity contribution in [2.75, 3.05) is 6.54 Å². The maximum absolute atomic E-state index is 13.3. The first-order chi connectivity index (χ1) is 13.8. The molecule has 3 heterocycles. The molecule has 0 atom stereocenters. The van der Waals surface area contributed by atoms with Crippen molar-refractivity contribution >= 4 is 29.1 Å². The number of aryl methyl sites for hydroxylation is 3. The van der Waals surface area contributed by atoms with Crippen LogP contribution < -0.4 is 5.56 Å². The van der Waals surface area contributed by atoms with Gasteiger partial charge in [-0.3, -0.25) is 14.7 Å². The molecular weight excluding hydrogens is 411 g/mol. The number of hydrogen-bond donors (Lipinski definition) is 2. The number of benzene rings is 1. The summed E-state index contributed by atoms with van der Waals surface area (Å²) >= 11 is 13.2. The van der Waals surface area contributed by atoms with Gasteiger partial charge in [-0.1, -0.05) is 23.2 Å². The SMILES string of the molecule is Cc1cc(C)c(CN2CCc3c(Cl)cc(-c4cn[nH]c4C)c(Cl)c3C2=O)c(=O)[nH]1. The number of carbonyl (C=O) groups excluding carboxylic acids is 1. The average Bonchev–Trinajstić information content (AvgIpc) is 3.07. The maximum Gasteiger partial charge on any atom is 0.256 e. The van der Waals surface area contributed by atoms with Crippen LogP contribution in [0.2, 0.25) is 10.0 Å². The molecule has 0 unspecified atom stereocenters. The zero-order chi connectivity index (χ0) is 20.9. The van der Waals surface area contributed by atoms with Crippen LogP contribution in [0.4, 0.5) is 0 Å². The summed E-state index contributed by atoms with van der Waals surface area (Å²) in [4.78, 5) is 30.2. The number of H-pyrrole nitrogens is 2. The molecule has 0 saturated carbocycles. The van der Waals surface area contributed by atoms with Crippen LogP contribution in [0.1, 0.15) is 38.4 Å². The monoisotopic (exact) mass is 430 g/mol. The molecule has 0 fully saturated rings. The highest BCUT2D eigenvalue weighted by Gasteiger charge is 2.31. The Hall–Kier alpha value is -2.57. The van der Waals surface area contributed by atoms with Gasteiger partial charge < -0.3 is 9.88 Å². The van der Waals surface area contributed by atoms with E-state index in [1.54, 1.807) is 17.2 Å². The zero-order valence-corrected chi connectivity index (χ0v) is 17.8. The average molecular weight is 431 g/mol. The van der Waals surface area contributed by atoms with E-state index in [1.807, 2.05) is 26.8 Å². The molecule has 1 aliphatic heterocycles. The van der Waals surface area contributed by atoms with Gasteiger partial charge in [0.25, 0.3) is 11.5 Å². The summed E-state index contributed by atoms with van der Waals surface area (Å²) in [6, 6.07) is 3.70. The van der Waals surface area contributed by atoms with Gasteiger partial charge in [-0.25, -0.2) is 0 Å². The fraction of sp³-hybridized carbons (Fsp3) is 0.286. The molecule has 2 aromatic heterocycles. The van der Waals surface area contributed by atoms with Crippen LogP contribution in [0, 0.1) is 20.8 Å². The van der Waals surface area contributed by atoms with E-state index in [0.717, 1.165) is 28.1 Å². The zero-order valence-electron chi connectivity index (χ0n) is 16.3. The molecule has 8 heteroatoms. The van der Waals surface area contributed by atoms with Crippen LogP contribution in [0.25, 0.3) is 11.1 Å². The number of nitrogens with one attached hydrogen (secondary N) is 2. The van der Waals surface area contributed by atoms with Gasteiger partial charge in [0.2, 0.25) is 0 Å². The first-order valence-corrected chi connectivity index (χ1v) is 10.0. The lowest BCUT2D eigenvalue weighted by Gasteiger charge is -2.30. The summed E-state index contributed by atoms with van der Waals surface area (Å²) in [5.41, 5.74) is 5.52. The number of fused-ring (bicyclic) bond motifs is 1. The van der Waals surface area contributed by atoms with Gasteiger partial charge in [0.15, 0.2) is 0 Å². The van der Waals surface area contributed by atoms with Crippen molar-refractivity contribution in [3.63, 3.8) is 0 Å². The second kappa shape index (κ2) is 7.35. The van der Waals surface area contributed by atoms with Crippen molar-refractivity contribution in [2.45, 2.75) is 33.7 Å². The summed E-state index contributed by atoms with van der Waals surface area (Å²) in [6.45, 7) is 6.29. The predicted molar refractivity (Wildman–Crippen MR) is 114 cm³/mol. The Labute approximate surface area is 177 Å². The molecule has 0 radical (unpaired) electrons. The van der Waals surface area contributed by atoms with Gasteiger partial charge in [0.1, 0.15) is 0 Å². The van der Waals surface area contributed by atoms with E-state index in [0.29, 0.717) is 39.7 Å². The van der Waals surface area contributed by atoms with Crippen LogP contribution in [0.5, 0.6) is 0 Å². The molecule has 6 nitrogen and oxygen atoms in total. The number of halogens is 2. The van der Waals surface area contributed by atoms with Crippen LogP contribution in [0.15, 0.2) is 23.1 Å². The summed E-state index contributed by atoms with van der Waals surface area (Å²) < 4.78 is 0. The first-order valence-electron chi connectivity index (χ1n) is 9.27. The van der Waals surface area contributed by atoms with E-state index in [1.165, 1.54) is 0 Å². The number of pyridine rings is 1. The minimum atomic E-state index is -0.222. The Morgan fingerprint density at radius 3 is 2.55 bits per heavy atom. The van der Waals surface area contributed by atoms with Crippen LogP contribution in [0.3, 0.4) is 0 Å². The third-order valence-corrected chi connectivity index (χ3v) is 6.14. The summed E-state index contributed by atoms with van der Waals surface area (Å²) in [5, 5.41) is 7.79. The molecule has 29 heavy (non-hydrogen) atoms. The van der Waals surface area contributed by atoms with Gasteiger partial charge in [0, 0.05) is 39.6 Å². The predicted octanol–water partition coefficient (Wildman–Crippen LogP) is 4.20. The number of hydrogen-bond acceptors (Lipinski definition) is 3. The quantitative estimate of drug-likeness (QED) is 0.653. The highest BCUT2D eigenvalue weighted by Crippen LogP contribution is 2.40.